The molecular weight excluding hydrogens is 242 g/mol. The molecule has 2 rings (SSSR count). The standard InChI is InChI=1S/C14H19N3O2/c1-17-8-7-15-13(17)5-4-12(18)9-11-3-6-14(19-2)16-10-11/h3,6-8,10,12,18H,4-5,9H2,1-2H3. The molecule has 0 aliphatic rings. The van der Waals surface area contributed by atoms with Crippen molar-refractivity contribution < 1.29 is 9.84 Å². The molecule has 5 nitrogen and oxygen atoms in total. The van der Waals surface area contributed by atoms with Crippen molar-refractivity contribution in [3.63, 3.8) is 0 Å². The zero-order chi connectivity index (χ0) is 13.7. The highest BCUT2D eigenvalue weighted by atomic mass is 16.5. The summed E-state index contributed by atoms with van der Waals surface area (Å²) < 4.78 is 6.97. The van der Waals surface area contributed by atoms with Crippen LogP contribution in [-0.2, 0) is 19.9 Å². The van der Waals surface area contributed by atoms with Gasteiger partial charge in [-0.3, -0.25) is 0 Å². The van der Waals surface area contributed by atoms with Crippen molar-refractivity contribution in [2.75, 3.05) is 7.11 Å². The Balaban J connectivity index is 1.83. The van der Waals surface area contributed by atoms with Gasteiger partial charge in [0.1, 0.15) is 5.82 Å². The first-order chi connectivity index (χ1) is 9.19. The van der Waals surface area contributed by atoms with E-state index in [1.807, 2.05) is 23.9 Å². The molecule has 5 heteroatoms. The van der Waals surface area contributed by atoms with Gasteiger partial charge in [-0.05, 0) is 18.4 Å². The summed E-state index contributed by atoms with van der Waals surface area (Å²) in [6.45, 7) is 0. The van der Waals surface area contributed by atoms with Crippen LogP contribution in [0, 0.1) is 0 Å². The molecule has 0 amide bonds. The second kappa shape index (κ2) is 6.33. The van der Waals surface area contributed by atoms with E-state index in [9.17, 15) is 5.11 Å². The summed E-state index contributed by atoms with van der Waals surface area (Å²) >= 11 is 0. The summed E-state index contributed by atoms with van der Waals surface area (Å²) in [5.74, 6) is 1.58. The molecule has 2 aromatic heterocycles. The number of aliphatic hydroxyl groups is 1. The number of imidazole rings is 1. The largest absolute Gasteiger partial charge is 0.481 e. The van der Waals surface area contributed by atoms with E-state index in [-0.39, 0.29) is 6.10 Å². The van der Waals surface area contributed by atoms with Gasteiger partial charge < -0.3 is 14.4 Å². The number of methoxy groups -OCH3 is 1. The van der Waals surface area contributed by atoms with Crippen molar-refractivity contribution in [1.82, 2.24) is 14.5 Å². The summed E-state index contributed by atoms with van der Waals surface area (Å²) in [5.41, 5.74) is 1.01. The maximum absolute atomic E-state index is 10.0. The monoisotopic (exact) mass is 261 g/mol. The molecule has 102 valence electrons. The van der Waals surface area contributed by atoms with Gasteiger partial charge in [-0.15, -0.1) is 0 Å². The molecule has 0 radical (unpaired) electrons. The SMILES string of the molecule is COc1ccc(CC(O)CCc2nccn2C)cn1. The molecule has 0 aliphatic heterocycles. The number of pyridine rings is 1. The fourth-order valence-corrected chi connectivity index (χ4v) is 1.96. The van der Waals surface area contributed by atoms with Crippen molar-refractivity contribution >= 4 is 0 Å². The number of hydrogen-bond acceptors (Lipinski definition) is 4. The number of ether oxygens (including phenoxy) is 1. The molecule has 1 unspecified atom stereocenters. The summed E-state index contributed by atoms with van der Waals surface area (Å²) in [7, 11) is 3.55. The average molecular weight is 261 g/mol. The first-order valence-corrected chi connectivity index (χ1v) is 6.32. The number of aliphatic hydroxyl groups excluding tert-OH is 1. The predicted molar refractivity (Wildman–Crippen MR) is 72.0 cm³/mol. The molecule has 2 heterocycles. The molecule has 0 aromatic carbocycles. The Labute approximate surface area is 112 Å². The second-order valence-corrected chi connectivity index (χ2v) is 4.56. The third-order valence-corrected chi connectivity index (χ3v) is 3.10. The van der Waals surface area contributed by atoms with Gasteiger partial charge in [-0.25, -0.2) is 9.97 Å². The Morgan fingerprint density at radius 2 is 2.21 bits per heavy atom. The van der Waals surface area contributed by atoms with Gasteiger partial charge >= 0.3 is 0 Å². The van der Waals surface area contributed by atoms with Crippen molar-refractivity contribution in [3.8, 4) is 5.88 Å². The molecule has 0 bridgehead atoms. The van der Waals surface area contributed by atoms with Crippen LogP contribution in [0.2, 0.25) is 0 Å². The van der Waals surface area contributed by atoms with Crippen molar-refractivity contribution in [2.24, 2.45) is 7.05 Å². The van der Waals surface area contributed by atoms with Crippen LogP contribution in [-0.4, -0.2) is 32.9 Å². The summed E-state index contributed by atoms with van der Waals surface area (Å²) in [6, 6.07) is 3.73. The van der Waals surface area contributed by atoms with Crippen LogP contribution in [0.15, 0.2) is 30.7 Å². The second-order valence-electron chi connectivity index (χ2n) is 4.56. The van der Waals surface area contributed by atoms with Crippen LogP contribution in [0.3, 0.4) is 0 Å². The normalized spacial score (nSPS) is 12.4. The Hall–Kier alpha value is -1.88. The third kappa shape index (κ3) is 3.79. The fraction of sp³-hybridized carbons (Fsp3) is 0.429. The number of nitrogens with zero attached hydrogens (tertiary/aromatic N) is 3. The lowest BCUT2D eigenvalue weighted by molar-refractivity contribution is 0.164. The smallest absolute Gasteiger partial charge is 0.212 e. The van der Waals surface area contributed by atoms with Crippen LogP contribution >= 0.6 is 0 Å². The highest BCUT2D eigenvalue weighted by Gasteiger charge is 2.08. The zero-order valence-corrected chi connectivity index (χ0v) is 11.3. The van der Waals surface area contributed by atoms with Crippen LogP contribution in [0.25, 0.3) is 0 Å². The van der Waals surface area contributed by atoms with E-state index in [1.165, 1.54) is 0 Å². The average Bonchev–Trinajstić information content (AvgIpc) is 2.83. The molecule has 19 heavy (non-hydrogen) atoms. The van der Waals surface area contributed by atoms with E-state index in [1.54, 1.807) is 25.6 Å². The first-order valence-electron chi connectivity index (χ1n) is 6.32. The summed E-state index contributed by atoms with van der Waals surface area (Å²) in [6.07, 6.45) is 7.10. The molecule has 0 fully saturated rings. The number of rotatable bonds is 6. The Kier molecular flexibility index (Phi) is 4.52. The lowest BCUT2D eigenvalue weighted by Crippen LogP contribution is -2.13. The fourth-order valence-electron chi connectivity index (χ4n) is 1.96. The molecule has 0 spiro atoms. The minimum absolute atomic E-state index is 0.383. The van der Waals surface area contributed by atoms with E-state index in [4.69, 9.17) is 4.74 Å². The molecule has 0 saturated heterocycles. The van der Waals surface area contributed by atoms with Gasteiger partial charge in [0, 0.05) is 38.1 Å². The minimum atomic E-state index is -0.383. The topological polar surface area (TPSA) is 60.2 Å². The quantitative estimate of drug-likeness (QED) is 0.853. The van der Waals surface area contributed by atoms with E-state index < -0.39 is 0 Å². The lowest BCUT2D eigenvalue weighted by Gasteiger charge is -2.10. The molecule has 1 atom stereocenters. The highest BCUT2D eigenvalue weighted by Crippen LogP contribution is 2.11. The number of aromatic nitrogens is 3. The molecule has 0 saturated carbocycles. The molecule has 2 aromatic rings. The number of hydrogen-bond donors (Lipinski definition) is 1. The van der Waals surface area contributed by atoms with Crippen LogP contribution < -0.4 is 4.74 Å². The Bertz CT molecular complexity index is 508. The maximum Gasteiger partial charge on any atom is 0.212 e. The van der Waals surface area contributed by atoms with Gasteiger partial charge in [0.2, 0.25) is 5.88 Å². The van der Waals surface area contributed by atoms with Gasteiger partial charge in [0.25, 0.3) is 0 Å². The van der Waals surface area contributed by atoms with Gasteiger partial charge in [0.05, 0.1) is 13.2 Å². The van der Waals surface area contributed by atoms with Crippen molar-refractivity contribution in [2.45, 2.75) is 25.4 Å². The van der Waals surface area contributed by atoms with E-state index >= 15 is 0 Å². The van der Waals surface area contributed by atoms with Gasteiger partial charge in [0.15, 0.2) is 0 Å². The lowest BCUT2D eigenvalue weighted by atomic mass is 10.1. The van der Waals surface area contributed by atoms with Crippen LogP contribution in [0.4, 0.5) is 0 Å². The highest BCUT2D eigenvalue weighted by molar-refractivity contribution is 5.18. The molecule has 0 aliphatic carbocycles. The molecule has 1 N–H and O–H groups in total. The van der Waals surface area contributed by atoms with Crippen molar-refractivity contribution in [1.29, 1.82) is 0 Å². The van der Waals surface area contributed by atoms with Gasteiger partial charge in [-0.1, -0.05) is 6.07 Å². The van der Waals surface area contributed by atoms with Crippen LogP contribution in [0.1, 0.15) is 17.8 Å². The van der Waals surface area contributed by atoms with Crippen LogP contribution in [0.5, 0.6) is 5.88 Å². The van der Waals surface area contributed by atoms with E-state index in [0.29, 0.717) is 18.7 Å². The maximum atomic E-state index is 10.0. The summed E-state index contributed by atoms with van der Waals surface area (Å²) in [5, 5.41) is 10.0. The third-order valence-electron chi connectivity index (χ3n) is 3.10. The van der Waals surface area contributed by atoms with E-state index in [2.05, 4.69) is 9.97 Å². The number of aryl methyl sites for hydroxylation is 2. The van der Waals surface area contributed by atoms with Crippen molar-refractivity contribution in [3.05, 3.63) is 42.1 Å². The van der Waals surface area contributed by atoms with E-state index in [0.717, 1.165) is 17.8 Å². The first kappa shape index (κ1) is 13.5. The predicted octanol–water partition coefficient (Wildman–Crippen LogP) is 1.36. The Morgan fingerprint density at radius 1 is 1.37 bits per heavy atom. The molecular formula is C14H19N3O2. The zero-order valence-electron chi connectivity index (χ0n) is 11.3. The minimum Gasteiger partial charge on any atom is -0.481 e. The van der Waals surface area contributed by atoms with Gasteiger partial charge in [-0.2, -0.15) is 0 Å². The summed E-state index contributed by atoms with van der Waals surface area (Å²) in [4.78, 5) is 8.37. The Morgan fingerprint density at radius 3 is 2.79 bits per heavy atom.